The fourth-order valence-corrected chi connectivity index (χ4v) is 7.84. The van der Waals surface area contributed by atoms with E-state index in [1.807, 2.05) is 122 Å². The van der Waals surface area contributed by atoms with Crippen molar-refractivity contribution in [3.8, 4) is 0 Å². The zero-order chi connectivity index (χ0) is 42.6. The zero-order valence-corrected chi connectivity index (χ0v) is 34.1. The number of amides is 5. The number of aromatic amines is 1. The molecule has 7 atom stereocenters. The van der Waals surface area contributed by atoms with Gasteiger partial charge in [-0.3, -0.25) is 24.0 Å². The minimum atomic E-state index is -1.50. The first-order chi connectivity index (χ1) is 29.0. The molecule has 0 spiro atoms. The van der Waals surface area contributed by atoms with E-state index >= 15 is 9.59 Å². The molecule has 4 aromatic carbocycles. The van der Waals surface area contributed by atoms with Crippen LogP contribution in [0.25, 0.3) is 10.9 Å². The van der Waals surface area contributed by atoms with E-state index in [2.05, 4.69) is 26.3 Å². The van der Waals surface area contributed by atoms with Crippen LogP contribution in [-0.2, 0) is 43.2 Å². The fraction of sp³-hybridized carbons (Fsp3) is 0.340. The predicted molar refractivity (Wildman–Crippen MR) is 230 cm³/mol. The number of nitrogens with zero attached hydrogens (tertiary/aromatic N) is 1. The lowest BCUT2D eigenvalue weighted by atomic mass is 9.95. The number of fused-ring (bicyclic) bond motifs is 1. The molecule has 1 aliphatic heterocycles. The van der Waals surface area contributed by atoms with Crippen molar-refractivity contribution in [2.45, 2.75) is 94.7 Å². The van der Waals surface area contributed by atoms with Crippen molar-refractivity contribution in [2.75, 3.05) is 6.54 Å². The number of carbonyl (C=O) groups excluding carboxylic acids is 5. The third-order valence-electron chi connectivity index (χ3n) is 11.1. The van der Waals surface area contributed by atoms with Crippen LogP contribution in [-0.4, -0.2) is 87.4 Å². The second-order valence-electron chi connectivity index (χ2n) is 15.5. The van der Waals surface area contributed by atoms with Gasteiger partial charge in [0.2, 0.25) is 29.5 Å². The third kappa shape index (κ3) is 10.8. The Labute approximate surface area is 350 Å². The summed E-state index contributed by atoms with van der Waals surface area (Å²) in [7, 11) is 0. The van der Waals surface area contributed by atoms with Crippen LogP contribution in [0.5, 0.6) is 0 Å². The van der Waals surface area contributed by atoms with Crippen LogP contribution >= 0.6 is 0 Å². The van der Waals surface area contributed by atoms with Gasteiger partial charge < -0.3 is 42.0 Å². The summed E-state index contributed by atoms with van der Waals surface area (Å²) in [5.41, 5.74) is 9.62. The van der Waals surface area contributed by atoms with E-state index in [0.717, 1.165) is 33.2 Å². The standard InChI is InChI=1S/C47H55N7O6/c1-30(34-20-10-5-11-21-34)54-41(27-33-18-8-4-9-19-33)45(58)51-39(28-35-29-49-37-23-13-12-22-36(35)37)44(57)50-38(24-14-15-25-48)43(56)53-42(31(2)55)46(59)52-40(47(54)60)26-32-16-6-3-7-17-32/h3-13,16-23,29-31,38-42,49,55H,14-15,24-28,48H2,1-2H3,(H,50,57)(H,51,58)(H,52,59)(H,53,56)/t30-,31-,38+,39-,40+,41+,42+/m1/s1. The van der Waals surface area contributed by atoms with Crippen LogP contribution in [0.2, 0.25) is 0 Å². The normalized spacial score (nSPS) is 21.8. The highest BCUT2D eigenvalue weighted by Gasteiger charge is 2.41. The molecular weight excluding hydrogens is 759 g/mol. The van der Waals surface area contributed by atoms with Gasteiger partial charge in [-0.2, -0.15) is 0 Å². The van der Waals surface area contributed by atoms with Gasteiger partial charge in [0.25, 0.3) is 0 Å². The number of unbranched alkanes of at least 4 members (excludes halogenated alkanes) is 1. The van der Waals surface area contributed by atoms with Crippen LogP contribution in [0.3, 0.4) is 0 Å². The molecule has 1 saturated heterocycles. The Kier molecular flexibility index (Phi) is 14.8. The van der Waals surface area contributed by atoms with Gasteiger partial charge in [-0.1, -0.05) is 109 Å². The number of aliphatic hydroxyl groups is 1. The number of nitrogens with one attached hydrogen (secondary N) is 5. The molecule has 1 aliphatic rings. The van der Waals surface area contributed by atoms with Gasteiger partial charge >= 0.3 is 0 Å². The van der Waals surface area contributed by atoms with Crippen LogP contribution in [0.1, 0.15) is 61.4 Å². The molecule has 1 aromatic heterocycles. The van der Waals surface area contributed by atoms with E-state index in [0.29, 0.717) is 19.4 Å². The molecule has 0 unspecified atom stereocenters. The number of nitrogens with two attached hydrogens (primary N) is 1. The van der Waals surface area contributed by atoms with Crippen LogP contribution in [0, 0.1) is 0 Å². The Morgan fingerprint density at radius 1 is 0.617 bits per heavy atom. The molecule has 0 saturated carbocycles. The van der Waals surface area contributed by atoms with Gasteiger partial charge in [0.15, 0.2) is 0 Å². The molecule has 13 heteroatoms. The molecule has 2 heterocycles. The number of benzene rings is 4. The average molecular weight is 814 g/mol. The number of H-pyrrole nitrogens is 1. The Bertz CT molecular complexity index is 2210. The monoisotopic (exact) mass is 813 g/mol. The molecule has 0 aliphatic carbocycles. The first-order valence-electron chi connectivity index (χ1n) is 20.6. The van der Waals surface area contributed by atoms with Gasteiger partial charge in [-0.15, -0.1) is 0 Å². The number of hydrogen-bond acceptors (Lipinski definition) is 7. The number of rotatable bonds is 13. The lowest BCUT2D eigenvalue weighted by Crippen LogP contribution is -2.61. The van der Waals surface area contributed by atoms with E-state index in [9.17, 15) is 19.5 Å². The largest absolute Gasteiger partial charge is 0.391 e. The van der Waals surface area contributed by atoms with Crippen LogP contribution in [0.4, 0.5) is 0 Å². The van der Waals surface area contributed by atoms with E-state index < -0.39 is 71.9 Å². The summed E-state index contributed by atoms with van der Waals surface area (Å²) in [6.07, 6.45) is 1.76. The molecule has 6 rings (SSSR count). The Morgan fingerprint density at radius 2 is 1.18 bits per heavy atom. The maximum atomic E-state index is 15.5. The second kappa shape index (κ2) is 20.6. The van der Waals surface area contributed by atoms with Crippen LogP contribution < -0.4 is 27.0 Å². The first-order valence-corrected chi connectivity index (χ1v) is 20.6. The smallest absolute Gasteiger partial charge is 0.246 e. The molecule has 5 aromatic rings. The van der Waals surface area contributed by atoms with Crippen molar-refractivity contribution in [3.05, 3.63) is 144 Å². The molecular formula is C47H55N7O6. The lowest BCUT2D eigenvalue weighted by molar-refractivity contribution is -0.147. The summed E-state index contributed by atoms with van der Waals surface area (Å²) in [4.78, 5) is 78.4. The number of para-hydroxylation sites is 1. The summed E-state index contributed by atoms with van der Waals surface area (Å²) >= 11 is 0. The second-order valence-corrected chi connectivity index (χ2v) is 15.5. The van der Waals surface area contributed by atoms with E-state index in [1.165, 1.54) is 11.8 Å². The topological polar surface area (TPSA) is 199 Å². The maximum absolute atomic E-state index is 15.5. The van der Waals surface area contributed by atoms with Gasteiger partial charge in [0.05, 0.1) is 12.1 Å². The highest BCUT2D eigenvalue weighted by molar-refractivity contribution is 5.99. The zero-order valence-electron chi connectivity index (χ0n) is 34.1. The van der Waals surface area contributed by atoms with Crippen molar-refractivity contribution in [1.82, 2.24) is 31.2 Å². The van der Waals surface area contributed by atoms with Gasteiger partial charge in [-0.25, -0.2) is 0 Å². The van der Waals surface area contributed by atoms with Crippen molar-refractivity contribution in [3.63, 3.8) is 0 Å². The number of hydrogen-bond donors (Lipinski definition) is 7. The van der Waals surface area contributed by atoms with Crippen molar-refractivity contribution in [2.24, 2.45) is 5.73 Å². The number of aliphatic hydroxyl groups excluding tert-OH is 1. The fourth-order valence-electron chi connectivity index (χ4n) is 7.84. The minimum absolute atomic E-state index is 0.0362. The molecule has 1 fully saturated rings. The van der Waals surface area contributed by atoms with Crippen molar-refractivity contribution < 1.29 is 29.1 Å². The molecule has 0 radical (unpaired) electrons. The Hall–Kier alpha value is -6.31. The SMILES string of the molecule is C[C@H](c1ccccc1)N1C(=O)[C@H](Cc2ccccc2)NC(=O)[C@H]([C@@H](C)O)NC(=O)[C@H](CCCCN)NC(=O)[C@@H](Cc2c[nH]c3ccccc23)NC(=O)[C@@H]1Cc1ccccc1. The van der Waals surface area contributed by atoms with E-state index in [1.54, 1.807) is 6.20 Å². The number of aromatic nitrogens is 1. The lowest BCUT2D eigenvalue weighted by Gasteiger charge is -2.39. The summed E-state index contributed by atoms with van der Waals surface area (Å²) in [6, 6.07) is 28.4. The Balaban J connectivity index is 1.52. The minimum Gasteiger partial charge on any atom is -0.391 e. The third-order valence-corrected chi connectivity index (χ3v) is 11.1. The molecule has 314 valence electrons. The molecule has 5 amide bonds. The molecule has 8 N–H and O–H groups in total. The number of carbonyl (C=O) groups is 5. The summed E-state index contributed by atoms with van der Waals surface area (Å²) < 4.78 is 0. The van der Waals surface area contributed by atoms with E-state index in [-0.39, 0.29) is 25.7 Å². The van der Waals surface area contributed by atoms with Gasteiger partial charge in [0, 0.05) is 36.4 Å². The van der Waals surface area contributed by atoms with Crippen molar-refractivity contribution in [1.29, 1.82) is 0 Å². The van der Waals surface area contributed by atoms with E-state index in [4.69, 9.17) is 5.73 Å². The summed E-state index contributed by atoms with van der Waals surface area (Å²) in [5.74, 6) is -3.31. The van der Waals surface area contributed by atoms with Crippen molar-refractivity contribution >= 4 is 40.4 Å². The maximum Gasteiger partial charge on any atom is 0.246 e. The van der Waals surface area contributed by atoms with Crippen LogP contribution in [0.15, 0.2) is 121 Å². The predicted octanol–water partition coefficient (Wildman–Crippen LogP) is 3.62. The molecule has 13 nitrogen and oxygen atoms in total. The van der Waals surface area contributed by atoms with Gasteiger partial charge in [0.1, 0.15) is 30.2 Å². The van der Waals surface area contributed by atoms with Gasteiger partial charge in [-0.05, 0) is 68.0 Å². The first kappa shape index (κ1) is 43.3. The quantitative estimate of drug-likeness (QED) is 0.0882. The highest BCUT2D eigenvalue weighted by Crippen LogP contribution is 2.27. The summed E-state index contributed by atoms with van der Waals surface area (Å²) in [6.45, 7) is 3.56. The Morgan fingerprint density at radius 3 is 1.83 bits per heavy atom. The molecule has 60 heavy (non-hydrogen) atoms. The molecule has 0 bridgehead atoms. The summed E-state index contributed by atoms with van der Waals surface area (Å²) in [5, 5.41) is 23.3. The highest BCUT2D eigenvalue weighted by atomic mass is 16.3. The average Bonchev–Trinajstić information content (AvgIpc) is 3.67.